The smallest absolute Gasteiger partial charge is 0.220 e. The molecule has 0 unspecified atom stereocenters. The maximum absolute atomic E-state index is 12.5. The fraction of sp³-hybridized carbons (Fsp3) is 0.520. The minimum atomic E-state index is -0.0408. The topological polar surface area (TPSA) is 63.7 Å². The lowest BCUT2D eigenvalue weighted by molar-refractivity contribution is -0.123. The van der Waals surface area contributed by atoms with Crippen LogP contribution in [0.15, 0.2) is 42.6 Å². The molecule has 0 saturated carbocycles. The van der Waals surface area contributed by atoms with Crippen LogP contribution in [0.1, 0.15) is 50.4 Å². The van der Waals surface area contributed by atoms with Gasteiger partial charge >= 0.3 is 0 Å². The van der Waals surface area contributed by atoms with E-state index in [2.05, 4.69) is 35.1 Å². The van der Waals surface area contributed by atoms with Gasteiger partial charge in [0.1, 0.15) is 0 Å². The van der Waals surface area contributed by atoms with Gasteiger partial charge in [0.05, 0.1) is 26.0 Å². The average molecular weight is 426 g/mol. The van der Waals surface area contributed by atoms with Crippen LogP contribution in [0.3, 0.4) is 0 Å². The molecular weight excluding hydrogens is 390 g/mol. The van der Waals surface area contributed by atoms with Crippen LogP contribution in [0.25, 0.3) is 0 Å². The van der Waals surface area contributed by atoms with Gasteiger partial charge in [0.2, 0.25) is 5.91 Å². The fourth-order valence-electron chi connectivity index (χ4n) is 4.36. The number of carbonyl (C=O) groups is 1. The van der Waals surface area contributed by atoms with Crippen molar-refractivity contribution in [2.75, 3.05) is 27.3 Å². The maximum Gasteiger partial charge on any atom is 0.220 e. The molecule has 6 nitrogen and oxygen atoms in total. The van der Waals surface area contributed by atoms with Crippen molar-refractivity contribution in [1.82, 2.24) is 15.2 Å². The van der Waals surface area contributed by atoms with Crippen molar-refractivity contribution in [1.29, 1.82) is 0 Å². The van der Waals surface area contributed by atoms with Crippen molar-refractivity contribution in [3.63, 3.8) is 0 Å². The summed E-state index contributed by atoms with van der Waals surface area (Å²) in [6, 6.07) is 11.9. The number of aromatic nitrogens is 1. The van der Waals surface area contributed by atoms with Gasteiger partial charge < -0.3 is 14.8 Å². The first kappa shape index (κ1) is 23.1. The van der Waals surface area contributed by atoms with Crippen molar-refractivity contribution in [2.24, 2.45) is 11.8 Å². The van der Waals surface area contributed by atoms with Crippen LogP contribution in [-0.4, -0.2) is 43.1 Å². The van der Waals surface area contributed by atoms with E-state index in [1.165, 1.54) is 0 Å². The second-order valence-electron chi connectivity index (χ2n) is 8.66. The van der Waals surface area contributed by atoms with Gasteiger partial charge in [-0.2, -0.15) is 0 Å². The summed E-state index contributed by atoms with van der Waals surface area (Å²) in [6.45, 7) is 6.89. The number of amides is 1. The number of rotatable bonds is 9. The molecule has 1 aliphatic heterocycles. The first-order chi connectivity index (χ1) is 15.0. The molecule has 1 fully saturated rings. The number of ether oxygens (including phenoxy) is 2. The van der Waals surface area contributed by atoms with Crippen LogP contribution in [0.4, 0.5) is 0 Å². The highest BCUT2D eigenvalue weighted by molar-refractivity contribution is 5.76. The third-order valence-electron chi connectivity index (χ3n) is 5.90. The third kappa shape index (κ3) is 6.20. The first-order valence-corrected chi connectivity index (χ1v) is 11.1. The number of benzene rings is 1. The molecule has 1 aliphatic rings. The standard InChI is InChI=1S/C25H35N3O3/c1-18(2)16-23(29)27-24(21-9-5-6-13-26-21)19-11-14-28(15-12-19)17-20-8-7-10-22(30-3)25(20)31-4/h5-10,13,18-19,24H,11-12,14-17H2,1-4H3,(H,27,29)/t24-/m1/s1. The second-order valence-corrected chi connectivity index (χ2v) is 8.66. The highest BCUT2D eigenvalue weighted by Crippen LogP contribution is 2.34. The number of methoxy groups -OCH3 is 2. The molecule has 1 saturated heterocycles. The van der Waals surface area contributed by atoms with E-state index >= 15 is 0 Å². The number of nitrogens with zero attached hydrogens (tertiary/aromatic N) is 2. The van der Waals surface area contributed by atoms with E-state index < -0.39 is 0 Å². The summed E-state index contributed by atoms with van der Waals surface area (Å²) < 4.78 is 11.0. The quantitative estimate of drug-likeness (QED) is 0.652. The number of likely N-dealkylation sites (tertiary alicyclic amines) is 1. The number of hydrogen-bond donors (Lipinski definition) is 1. The van der Waals surface area contributed by atoms with Crippen LogP contribution >= 0.6 is 0 Å². The highest BCUT2D eigenvalue weighted by Gasteiger charge is 2.30. The molecule has 1 atom stereocenters. The van der Waals surface area contributed by atoms with Crippen molar-refractivity contribution in [3.8, 4) is 11.5 Å². The molecule has 3 rings (SSSR count). The van der Waals surface area contributed by atoms with Gasteiger partial charge in [-0.3, -0.25) is 14.7 Å². The Balaban J connectivity index is 1.66. The summed E-state index contributed by atoms with van der Waals surface area (Å²) in [7, 11) is 3.35. The fourth-order valence-corrected chi connectivity index (χ4v) is 4.36. The lowest BCUT2D eigenvalue weighted by atomic mass is 9.87. The molecule has 1 N–H and O–H groups in total. The molecular formula is C25H35N3O3. The molecule has 0 aliphatic carbocycles. The monoisotopic (exact) mass is 425 g/mol. The second kappa shape index (κ2) is 11.1. The van der Waals surface area contributed by atoms with Gasteiger partial charge in [-0.05, 0) is 56.0 Å². The Labute approximate surface area is 186 Å². The molecule has 6 heteroatoms. The number of piperidine rings is 1. The van der Waals surface area contributed by atoms with E-state index in [0.717, 1.165) is 55.2 Å². The van der Waals surface area contributed by atoms with Gasteiger partial charge in [-0.15, -0.1) is 0 Å². The Morgan fingerprint density at radius 2 is 1.90 bits per heavy atom. The Morgan fingerprint density at radius 3 is 2.52 bits per heavy atom. The number of para-hydroxylation sites is 1. The molecule has 31 heavy (non-hydrogen) atoms. The highest BCUT2D eigenvalue weighted by atomic mass is 16.5. The van der Waals surface area contributed by atoms with E-state index in [1.807, 2.05) is 30.3 Å². The largest absolute Gasteiger partial charge is 0.493 e. The number of nitrogens with one attached hydrogen (secondary N) is 1. The Kier molecular flexibility index (Phi) is 8.29. The zero-order valence-corrected chi connectivity index (χ0v) is 19.1. The van der Waals surface area contributed by atoms with Crippen LogP contribution in [0, 0.1) is 11.8 Å². The molecule has 1 aromatic heterocycles. The third-order valence-corrected chi connectivity index (χ3v) is 5.90. The zero-order valence-electron chi connectivity index (χ0n) is 19.1. The maximum atomic E-state index is 12.5. The molecule has 0 radical (unpaired) electrons. The van der Waals surface area contributed by atoms with E-state index in [-0.39, 0.29) is 11.9 Å². The summed E-state index contributed by atoms with van der Waals surface area (Å²) in [5.74, 6) is 2.38. The summed E-state index contributed by atoms with van der Waals surface area (Å²) in [5.41, 5.74) is 2.08. The van der Waals surface area contributed by atoms with E-state index in [1.54, 1.807) is 20.4 Å². The van der Waals surface area contributed by atoms with Gasteiger partial charge in [0, 0.05) is 24.7 Å². The predicted molar refractivity (Wildman–Crippen MR) is 122 cm³/mol. The van der Waals surface area contributed by atoms with Crippen molar-refractivity contribution in [3.05, 3.63) is 53.9 Å². The summed E-state index contributed by atoms with van der Waals surface area (Å²) in [5, 5.41) is 3.28. The Morgan fingerprint density at radius 1 is 1.13 bits per heavy atom. The van der Waals surface area contributed by atoms with E-state index in [0.29, 0.717) is 18.3 Å². The van der Waals surface area contributed by atoms with Gasteiger partial charge in [0.15, 0.2) is 11.5 Å². The molecule has 2 aromatic rings. The minimum absolute atomic E-state index is 0.0408. The normalized spacial score (nSPS) is 16.2. The molecule has 168 valence electrons. The van der Waals surface area contributed by atoms with Crippen LogP contribution < -0.4 is 14.8 Å². The van der Waals surface area contributed by atoms with Crippen molar-refractivity contribution in [2.45, 2.75) is 45.7 Å². The zero-order chi connectivity index (χ0) is 22.2. The van der Waals surface area contributed by atoms with Crippen LogP contribution in [0.5, 0.6) is 11.5 Å². The SMILES string of the molecule is COc1cccc(CN2CCC([C@@H](NC(=O)CC(C)C)c3ccccn3)CC2)c1OC. The lowest BCUT2D eigenvalue weighted by Gasteiger charge is -2.36. The van der Waals surface area contributed by atoms with E-state index in [4.69, 9.17) is 9.47 Å². The van der Waals surface area contributed by atoms with Crippen molar-refractivity contribution >= 4 is 5.91 Å². The van der Waals surface area contributed by atoms with Gasteiger partial charge in [-0.25, -0.2) is 0 Å². The van der Waals surface area contributed by atoms with Crippen LogP contribution in [0.2, 0.25) is 0 Å². The van der Waals surface area contributed by atoms with Gasteiger partial charge in [-0.1, -0.05) is 32.0 Å². The Bertz CT molecular complexity index is 833. The van der Waals surface area contributed by atoms with E-state index in [9.17, 15) is 4.79 Å². The molecule has 0 spiro atoms. The Hall–Kier alpha value is -2.60. The molecule has 1 amide bonds. The number of carbonyl (C=O) groups excluding carboxylic acids is 1. The van der Waals surface area contributed by atoms with Crippen molar-refractivity contribution < 1.29 is 14.3 Å². The summed E-state index contributed by atoms with van der Waals surface area (Å²) in [4.78, 5) is 19.5. The lowest BCUT2D eigenvalue weighted by Crippen LogP contribution is -2.41. The summed E-state index contributed by atoms with van der Waals surface area (Å²) >= 11 is 0. The van der Waals surface area contributed by atoms with Crippen LogP contribution in [-0.2, 0) is 11.3 Å². The first-order valence-electron chi connectivity index (χ1n) is 11.1. The number of pyridine rings is 1. The number of hydrogen-bond acceptors (Lipinski definition) is 5. The molecule has 2 heterocycles. The summed E-state index contributed by atoms with van der Waals surface area (Å²) in [6.07, 6.45) is 4.36. The van der Waals surface area contributed by atoms with Gasteiger partial charge in [0.25, 0.3) is 0 Å². The predicted octanol–water partition coefficient (Wildman–Crippen LogP) is 4.21. The minimum Gasteiger partial charge on any atom is -0.493 e. The molecule has 0 bridgehead atoms. The average Bonchev–Trinajstić information content (AvgIpc) is 2.78. The molecule has 1 aromatic carbocycles.